The van der Waals surface area contributed by atoms with Crippen molar-refractivity contribution >= 4 is 11.6 Å². The Bertz CT molecular complexity index is 520. The topological polar surface area (TPSA) is 26.0 Å². The summed E-state index contributed by atoms with van der Waals surface area (Å²) in [7, 11) is 0. The van der Waals surface area contributed by atoms with Crippen LogP contribution in [0.25, 0.3) is 0 Å². The Morgan fingerprint density at radius 3 is 2.24 bits per heavy atom. The van der Waals surface area contributed by atoms with Gasteiger partial charge < -0.3 is 5.73 Å². The molecule has 88 valence electrons. The van der Waals surface area contributed by atoms with Gasteiger partial charge in [0, 0.05) is 10.6 Å². The molecule has 0 aliphatic heterocycles. The predicted molar refractivity (Wildman–Crippen MR) is 68.5 cm³/mol. The van der Waals surface area contributed by atoms with Crippen LogP contribution in [0.2, 0.25) is 5.02 Å². The summed E-state index contributed by atoms with van der Waals surface area (Å²) in [6.45, 7) is 1.79. The van der Waals surface area contributed by atoms with E-state index in [0.717, 1.165) is 5.56 Å². The second-order valence-corrected chi connectivity index (χ2v) is 4.63. The minimum absolute atomic E-state index is 0.299. The van der Waals surface area contributed by atoms with Crippen LogP contribution < -0.4 is 5.73 Å². The minimum Gasteiger partial charge on any atom is -0.318 e. The first-order chi connectivity index (χ1) is 8.01. The average Bonchev–Trinajstić information content (AvgIpc) is 2.30. The van der Waals surface area contributed by atoms with Gasteiger partial charge in [0.15, 0.2) is 0 Å². The van der Waals surface area contributed by atoms with Gasteiger partial charge in [-0.2, -0.15) is 0 Å². The van der Waals surface area contributed by atoms with Crippen LogP contribution in [-0.4, -0.2) is 0 Å². The van der Waals surface area contributed by atoms with Crippen molar-refractivity contribution in [1.29, 1.82) is 0 Å². The van der Waals surface area contributed by atoms with Gasteiger partial charge in [-0.3, -0.25) is 0 Å². The van der Waals surface area contributed by atoms with E-state index in [1.807, 2.05) is 12.1 Å². The van der Waals surface area contributed by atoms with Crippen molar-refractivity contribution in [3.63, 3.8) is 0 Å². The number of nitrogens with two attached hydrogens (primary N) is 1. The van der Waals surface area contributed by atoms with Gasteiger partial charge in [0.2, 0.25) is 0 Å². The Labute approximate surface area is 105 Å². The molecule has 0 saturated heterocycles. The Kier molecular flexibility index (Phi) is 3.18. The van der Waals surface area contributed by atoms with E-state index >= 15 is 0 Å². The van der Waals surface area contributed by atoms with Gasteiger partial charge in [-0.15, -0.1) is 0 Å². The fourth-order valence-electron chi connectivity index (χ4n) is 1.83. The summed E-state index contributed by atoms with van der Waals surface area (Å²) in [6.07, 6.45) is 0. The van der Waals surface area contributed by atoms with Gasteiger partial charge in [0.05, 0.1) is 5.54 Å². The molecule has 2 aromatic carbocycles. The zero-order valence-corrected chi connectivity index (χ0v) is 10.2. The molecule has 2 rings (SSSR count). The van der Waals surface area contributed by atoms with E-state index < -0.39 is 5.54 Å². The molecule has 1 unspecified atom stereocenters. The SMILES string of the molecule is CC(N)(c1ccc(Cl)cc1)c1ccccc1F. The third-order valence-corrected chi connectivity index (χ3v) is 3.13. The van der Waals surface area contributed by atoms with Crippen molar-refractivity contribution in [2.45, 2.75) is 12.5 Å². The van der Waals surface area contributed by atoms with Crippen molar-refractivity contribution < 1.29 is 4.39 Å². The standard InChI is InChI=1S/C14H13ClFN/c1-14(17,10-6-8-11(15)9-7-10)12-4-2-3-5-13(12)16/h2-9H,17H2,1H3. The molecule has 0 saturated carbocycles. The number of halogens is 2. The van der Waals surface area contributed by atoms with Gasteiger partial charge in [0.25, 0.3) is 0 Å². The molecule has 0 fully saturated rings. The Balaban J connectivity index is 2.49. The van der Waals surface area contributed by atoms with E-state index in [0.29, 0.717) is 10.6 Å². The second-order valence-electron chi connectivity index (χ2n) is 4.19. The molecule has 17 heavy (non-hydrogen) atoms. The summed E-state index contributed by atoms with van der Waals surface area (Å²) in [5.74, 6) is -0.299. The van der Waals surface area contributed by atoms with Crippen molar-refractivity contribution in [2.24, 2.45) is 5.73 Å². The molecule has 0 spiro atoms. The van der Waals surface area contributed by atoms with E-state index in [1.165, 1.54) is 6.07 Å². The molecule has 0 heterocycles. The maximum atomic E-state index is 13.7. The fourth-order valence-corrected chi connectivity index (χ4v) is 1.96. The summed E-state index contributed by atoms with van der Waals surface area (Å²) in [5.41, 5.74) is 6.66. The van der Waals surface area contributed by atoms with Crippen molar-refractivity contribution in [3.05, 3.63) is 70.5 Å². The normalized spacial score (nSPS) is 14.4. The average molecular weight is 250 g/mol. The van der Waals surface area contributed by atoms with Crippen molar-refractivity contribution in [3.8, 4) is 0 Å². The summed E-state index contributed by atoms with van der Waals surface area (Å²) in [5, 5.41) is 0.637. The molecule has 0 aliphatic carbocycles. The Morgan fingerprint density at radius 1 is 1.06 bits per heavy atom. The van der Waals surface area contributed by atoms with Gasteiger partial charge >= 0.3 is 0 Å². The highest BCUT2D eigenvalue weighted by atomic mass is 35.5. The highest BCUT2D eigenvalue weighted by molar-refractivity contribution is 6.30. The van der Waals surface area contributed by atoms with Crippen LogP contribution in [0, 0.1) is 5.82 Å². The minimum atomic E-state index is -0.865. The monoisotopic (exact) mass is 249 g/mol. The lowest BCUT2D eigenvalue weighted by molar-refractivity contribution is 0.531. The second kappa shape index (κ2) is 4.47. The van der Waals surface area contributed by atoms with Crippen LogP contribution in [0.5, 0.6) is 0 Å². The summed E-state index contributed by atoms with van der Waals surface area (Å²) < 4.78 is 13.7. The zero-order valence-electron chi connectivity index (χ0n) is 9.45. The molecule has 0 bridgehead atoms. The molecule has 0 aromatic heterocycles. The molecule has 2 aromatic rings. The molecule has 0 radical (unpaired) electrons. The predicted octanol–water partition coefficient (Wildman–Crippen LogP) is 3.70. The van der Waals surface area contributed by atoms with Crippen molar-refractivity contribution in [1.82, 2.24) is 0 Å². The maximum absolute atomic E-state index is 13.7. The maximum Gasteiger partial charge on any atom is 0.128 e. The molecular formula is C14H13ClFN. The summed E-state index contributed by atoms with van der Waals surface area (Å²) >= 11 is 5.82. The number of rotatable bonds is 2. The largest absolute Gasteiger partial charge is 0.318 e. The summed E-state index contributed by atoms with van der Waals surface area (Å²) in [4.78, 5) is 0. The smallest absolute Gasteiger partial charge is 0.128 e. The first kappa shape index (κ1) is 12.1. The lowest BCUT2D eigenvalue weighted by atomic mass is 9.85. The quantitative estimate of drug-likeness (QED) is 0.863. The first-order valence-corrected chi connectivity index (χ1v) is 5.69. The van der Waals surface area contributed by atoms with E-state index in [9.17, 15) is 4.39 Å². The van der Waals surface area contributed by atoms with E-state index in [2.05, 4.69) is 0 Å². The summed E-state index contributed by atoms with van der Waals surface area (Å²) in [6, 6.07) is 13.7. The number of benzene rings is 2. The molecular weight excluding hydrogens is 237 g/mol. The van der Waals surface area contributed by atoms with Crippen LogP contribution in [0.3, 0.4) is 0 Å². The fraction of sp³-hybridized carbons (Fsp3) is 0.143. The van der Waals surface area contributed by atoms with E-state index in [4.69, 9.17) is 17.3 Å². The van der Waals surface area contributed by atoms with Gasteiger partial charge in [0.1, 0.15) is 5.82 Å². The van der Waals surface area contributed by atoms with Crippen molar-refractivity contribution in [2.75, 3.05) is 0 Å². The number of hydrogen-bond acceptors (Lipinski definition) is 1. The van der Waals surface area contributed by atoms with E-state index in [1.54, 1.807) is 37.3 Å². The van der Waals surface area contributed by atoms with Crippen LogP contribution >= 0.6 is 11.6 Å². The van der Waals surface area contributed by atoms with Crippen LogP contribution in [0.4, 0.5) is 4.39 Å². The molecule has 2 N–H and O–H groups in total. The third-order valence-electron chi connectivity index (χ3n) is 2.88. The first-order valence-electron chi connectivity index (χ1n) is 5.32. The lowest BCUT2D eigenvalue weighted by Gasteiger charge is -2.26. The molecule has 0 amide bonds. The van der Waals surface area contributed by atoms with Crippen LogP contribution in [0.1, 0.15) is 18.1 Å². The van der Waals surface area contributed by atoms with E-state index in [-0.39, 0.29) is 5.82 Å². The van der Waals surface area contributed by atoms with Gasteiger partial charge in [-0.1, -0.05) is 41.9 Å². The Morgan fingerprint density at radius 2 is 1.65 bits per heavy atom. The molecule has 3 heteroatoms. The molecule has 1 nitrogen and oxygen atoms in total. The molecule has 0 aliphatic rings. The Hall–Kier alpha value is -1.38. The van der Waals surface area contributed by atoms with Gasteiger partial charge in [-0.05, 0) is 30.7 Å². The number of hydrogen-bond donors (Lipinski definition) is 1. The van der Waals surface area contributed by atoms with Crippen LogP contribution in [-0.2, 0) is 5.54 Å². The molecule has 1 atom stereocenters. The van der Waals surface area contributed by atoms with Crippen LogP contribution in [0.15, 0.2) is 48.5 Å². The highest BCUT2D eigenvalue weighted by Gasteiger charge is 2.26. The lowest BCUT2D eigenvalue weighted by Crippen LogP contribution is -2.35. The highest BCUT2D eigenvalue weighted by Crippen LogP contribution is 2.29. The zero-order chi connectivity index (χ0) is 12.5. The van der Waals surface area contributed by atoms with Gasteiger partial charge in [-0.25, -0.2) is 4.39 Å². The third kappa shape index (κ3) is 2.33.